The molecule has 0 bridgehead atoms. The SMILES string of the molecule is CCCS(=O)(=O)N1CC(C)N(c2ccccc2)C(C)C1. The largest absolute Gasteiger partial charge is 0.363 e. The van der Waals surface area contributed by atoms with Gasteiger partial charge in [0.2, 0.25) is 10.0 Å². The number of piperazine rings is 1. The van der Waals surface area contributed by atoms with E-state index in [4.69, 9.17) is 0 Å². The fourth-order valence-electron chi connectivity index (χ4n) is 3.00. The summed E-state index contributed by atoms with van der Waals surface area (Å²) >= 11 is 0. The van der Waals surface area contributed by atoms with Crippen LogP contribution in [0.2, 0.25) is 0 Å². The Morgan fingerprint density at radius 3 is 2.15 bits per heavy atom. The van der Waals surface area contributed by atoms with Gasteiger partial charge in [0.1, 0.15) is 0 Å². The van der Waals surface area contributed by atoms with Gasteiger partial charge in [-0.25, -0.2) is 8.42 Å². The minimum atomic E-state index is -3.10. The summed E-state index contributed by atoms with van der Waals surface area (Å²) in [4.78, 5) is 2.32. The average molecular weight is 296 g/mol. The highest BCUT2D eigenvalue weighted by Gasteiger charge is 2.34. The molecule has 112 valence electrons. The summed E-state index contributed by atoms with van der Waals surface area (Å²) in [6, 6.07) is 10.6. The van der Waals surface area contributed by atoms with E-state index in [9.17, 15) is 8.42 Å². The summed E-state index contributed by atoms with van der Waals surface area (Å²) in [5.74, 6) is 0.248. The maximum absolute atomic E-state index is 12.2. The fourth-order valence-corrected chi connectivity index (χ4v) is 4.66. The van der Waals surface area contributed by atoms with Gasteiger partial charge in [0.25, 0.3) is 0 Å². The lowest BCUT2D eigenvalue weighted by molar-refractivity contribution is 0.301. The topological polar surface area (TPSA) is 40.6 Å². The van der Waals surface area contributed by atoms with Gasteiger partial charge in [-0.3, -0.25) is 0 Å². The second-order valence-corrected chi connectivity index (χ2v) is 7.66. The maximum Gasteiger partial charge on any atom is 0.214 e. The van der Waals surface area contributed by atoms with E-state index in [0.29, 0.717) is 19.5 Å². The molecule has 0 saturated carbocycles. The van der Waals surface area contributed by atoms with Crippen LogP contribution in [0.3, 0.4) is 0 Å². The molecule has 1 aliphatic heterocycles. The molecule has 0 radical (unpaired) electrons. The zero-order valence-electron chi connectivity index (χ0n) is 12.5. The fraction of sp³-hybridized carbons (Fsp3) is 0.600. The summed E-state index contributed by atoms with van der Waals surface area (Å²) in [5.41, 5.74) is 1.17. The van der Waals surface area contributed by atoms with Gasteiger partial charge in [-0.2, -0.15) is 4.31 Å². The molecule has 2 rings (SSSR count). The van der Waals surface area contributed by atoms with E-state index >= 15 is 0 Å². The van der Waals surface area contributed by atoms with Crippen LogP contribution in [0.4, 0.5) is 5.69 Å². The first-order valence-electron chi connectivity index (χ1n) is 7.27. The molecular formula is C15H24N2O2S. The van der Waals surface area contributed by atoms with Crippen LogP contribution < -0.4 is 4.90 Å². The highest BCUT2D eigenvalue weighted by Crippen LogP contribution is 2.25. The van der Waals surface area contributed by atoms with E-state index in [1.165, 1.54) is 5.69 Å². The summed E-state index contributed by atoms with van der Waals surface area (Å²) in [6.07, 6.45) is 0.671. The summed E-state index contributed by atoms with van der Waals surface area (Å²) in [5, 5.41) is 0. The van der Waals surface area contributed by atoms with Crippen molar-refractivity contribution in [2.24, 2.45) is 0 Å². The van der Waals surface area contributed by atoms with Crippen LogP contribution in [0, 0.1) is 0 Å². The number of para-hydroxylation sites is 1. The van der Waals surface area contributed by atoms with Crippen LogP contribution in [0.15, 0.2) is 30.3 Å². The molecule has 0 N–H and O–H groups in total. The smallest absolute Gasteiger partial charge is 0.214 e. The number of hydrogen-bond acceptors (Lipinski definition) is 3. The third-order valence-electron chi connectivity index (χ3n) is 3.80. The lowest BCUT2D eigenvalue weighted by Crippen LogP contribution is -2.58. The Kier molecular flexibility index (Phi) is 4.70. The highest BCUT2D eigenvalue weighted by molar-refractivity contribution is 7.89. The van der Waals surface area contributed by atoms with E-state index in [1.807, 2.05) is 25.1 Å². The molecule has 1 fully saturated rings. The normalized spacial score (nSPS) is 24.9. The van der Waals surface area contributed by atoms with E-state index in [2.05, 4.69) is 30.9 Å². The van der Waals surface area contributed by atoms with Gasteiger partial charge >= 0.3 is 0 Å². The number of sulfonamides is 1. The minimum absolute atomic E-state index is 0.188. The van der Waals surface area contributed by atoms with E-state index < -0.39 is 10.0 Å². The van der Waals surface area contributed by atoms with Crippen molar-refractivity contribution < 1.29 is 8.42 Å². The molecule has 1 aromatic carbocycles. The Morgan fingerprint density at radius 2 is 1.65 bits per heavy atom. The molecule has 1 aliphatic rings. The van der Waals surface area contributed by atoms with Crippen LogP contribution >= 0.6 is 0 Å². The molecule has 0 aliphatic carbocycles. The molecule has 2 unspecified atom stereocenters. The second kappa shape index (κ2) is 6.14. The van der Waals surface area contributed by atoms with Crippen molar-refractivity contribution in [3.05, 3.63) is 30.3 Å². The monoisotopic (exact) mass is 296 g/mol. The Labute approximate surface area is 122 Å². The molecule has 1 aromatic rings. The number of benzene rings is 1. The van der Waals surface area contributed by atoms with Gasteiger partial charge in [-0.05, 0) is 32.4 Å². The molecule has 0 amide bonds. The first-order valence-corrected chi connectivity index (χ1v) is 8.88. The molecule has 1 heterocycles. The number of hydrogen-bond donors (Lipinski definition) is 0. The van der Waals surface area contributed by atoms with Crippen LogP contribution in [-0.2, 0) is 10.0 Å². The maximum atomic E-state index is 12.2. The van der Waals surface area contributed by atoms with Crippen molar-refractivity contribution in [3.8, 4) is 0 Å². The van der Waals surface area contributed by atoms with E-state index in [-0.39, 0.29) is 17.8 Å². The molecule has 4 nitrogen and oxygen atoms in total. The zero-order chi connectivity index (χ0) is 14.8. The van der Waals surface area contributed by atoms with Gasteiger partial charge in [0, 0.05) is 30.9 Å². The third kappa shape index (κ3) is 3.15. The Bertz CT molecular complexity index is 518. The van der Waals surface area contributed by atoms with Gasteiger partial charge in [0.05, 0.1) is 5.75 Å². The number of nitrogens with zero attached hydrogens (tertiary/aromatic N) is 2. The third-order valence-corrected chi connectivity index (χ3v) is 5.80. The van der Waals surface area contributed by atoms with Crippen molar-refractivity contribution in [1.29, 1.82) is 0 Å². The molecule has 5 heteroatoms. The first-order chi connectivity index (χ1) is 9.45. The van der Waals surface area contributed by atoms with Crippen molar-refractivity contribution in [2.45, 2.75) is 39.3 Å². The van der Waals surface area contributed by atoms with Crippen LogP contribution in [-0.4, -0.2) is 43.6 Å². The summed E-state index contributed by atoms with van der Waals surface area (Å²) in [7, 11) is -3.10. The molecule has 1 saturated heterocycles. The quantitative estimate of drug-likeness (QED) is 0.856. The van der Waals surface area contributed by atoms with Gasteiger partial charge in [-0.1, -0.05) is 25.1 Å². The minimum Gasteiger partial charge on any atom is -0.363 e. The number of rotatable bonds is 4. The molecule has 0 spiro atoms. The van der Waals surface area contributed by atoms with Crippen LogP contribution in [0.5, 0.6) is 0 Å². The molecule has 0 aromatic heterocycles. The van der Waals surface area contributed by atoms with Gasteiger partial charge in [-0.15, -0.1) is 0 Å². The predicted molar refractivity (Wildman–Crippen MR) is 83.5 cm³/mol. The second-order valence-electron chi connectivity index (χ2n) is 5.57. The predicted octanol–water partition coefficient (Wildman–Crippen LogP) is 2.33. The van der Waals surface area contributed by atoms with E-state index in [0.717, 1.165) is 0 Å². The van der Waals surface area contributed by atoms with E-state index in [1.54, 1.807) is 4.31 Å². The van der Waals surface area contributed by atoms with Crippen molar-refractivity contribution in [3.63, 3.8) is 0 Å². The Morgan fingerprint density at radius 1 is 1.10 bits per heavy atom. The highest BCUT2D eigenvalue weighted by atomic mass is 32.2. The Hall–Kier alpha value is -1.07. The molecule has 2 atom stereocenters. The number of anilines is 1. The van der Waals surface area contributed by atoms with Crippen molar-refractivity contribution in [1.82, 2.24) is 4.31 Å². The lowest BCUT2D eigenvalue weighted by Gasteiger charge is -2.45. The van der Waals surface area contributed by atoms with Gasteiger partial charge < -0.3 is 4.90 Å². The standard InChI is InChI=1S/C15H24N2O2S/c1-4-10-20(18,19)16-11-13(2)17(14(3)12-16)15-8-6-5-7-9-15/h5-9,13-14H,4,10-12H2,1-3H3. The van der Waals surface area contributed by atoms with Gasteiger partial charge in [0.15, 0.2) is 0 Å². The van der Waals surface area contributed by atoms with Crippen molar-refractivity contribution in [2.75, 3.05) is 23.7 Å². The lowest BCUT2D eigenvalue weighted by atomic mass is 10.1. The Balaban J connectivity index is 2.17. The summed E-state index contributed by atoms with van der Waals surface area (Å²) < 4.78 is 26.1. The van der Waals surface area contributed by atoms with Crippen LogP contribution in [0.25, 0.3) is 0 Å². The van der Waals surface area contributed by atoms with Crippen LogP contribution in [0.1, 0.15) is 27.2 Å². The summed E-state index contributed by atoms with van der Waals surface area (Å²) in [6.45, 7) is 7.24. The zero-order valence-corrected chi connectivity index (χ0v) is 13.3. The average Bonchev–Trinajstić information content (AvgIpc) is 2.39. The van der Waals surface area contributed by atoms with Crippen molar-refractivity contribution >= 4 is 15.7 Å². The molecular weight excluding hydrogens is 272 g/mol. The molecule has 20 heavy (non-hydrogen) atoms. The first kappa shape index (κ1) is 15.3.